The quantitative estimate of drug-likeness (QED) is 0.493. The van der Waals surface area contributed by atoms with Crippen LogP contribution in [0.1, 0.15) is 21.6 Å². The molecule has 0 aliphatic heterocycles. The van der Waals surface area contributed by atoms with Gasteiger partial charge in [0.05, 0.1) is 22.5 Å². The van der Waals surface area contributed by atoms with Crippen molar-refractivity contribution in [3.05, 3.63) is 69.7 Å². The van der Waals surface area contributed by atoms with Crippen LogP contribution in [0.3, 0.4) is 0 Å². The van der Waals surface area contributed by atoms with Gasteiger partial charge >= 0.3 is 5.97 Å². The van der Waals surface area contributed by atoms with Gasteiger partial charge in [-0.15, -0.1) is 11.3 Å². The van der Waals surface area contributed by atoms with Crippen LogP contribution in [-0.2, 0) is 0 Å². The highest BCUT2D eigenvalue weighted by Gasteiger charge is 2.09. The summed E-state index contributed by atoms with van der Waals surface area (Å²) in [6, 6.07) is 12.6. The fourth-order valence-electron chi connectivity index (χ4n) is 2.20. The Balaban J connectivity index is 1.71. The third-order valence-electron chi connectivity index (χ3n) is 3.44. The molecule has 0 aliphatic carbocycles. The molecule has 2 aromatic carbocycles. The predicted molar refractivity (Wildman–Crippen MR) is 102 cm³/mol. The summed E-state index contributed by atoms with van der Waals surface area (Å²) in [5, 5.41) is 16.1. The Kier molecular flexibility index (Phi) is 5.11. The monoisotopic (exact) mass is 371 g/mol. The number of aromatic carboxylic acids is 1. The SMILES string of the molecule is Cc1csc(NN=Cc2ccc(-c3ccc(C(=O)O)c(Cl)c3)cc2)n1. The summed E-state index contributed by atoms with van der Waals surface area (Å²) in [6.07, 6.45) is 1.71. The number of hydrogen-bond donors (Lipinski definition) is 2. The van der Waals surface area contributed by atoms with Gasteiger partial charge in [-0.05, 0) is 35.7 Å². The second-order valence-corrected chi connectivity index (χ2v) is 6.55. The number of aryl methyl sites for hydroxylation is 1. The zero-order valence-electron chi connectivity index (χ0n) is 13.2. The van der Waals surface area contributed by atoms with E-state index in [1.165, 1.54) is 17.4 Å². The Morgan fingerprint density at radius 2 is 1.96 bits per heavy atom. The van der Waals surface area contributed by atoms with Gasteiger partial charge in [0.25, 0.3) is 0 Å². The predicted octanol–water partition coefficient (Wildman–Crippen LogP) is 4.92. The number of aromatic nitrogens is 1. The first-order valence-corrected chi connectivity index (χ1v) is 8.63. The highest BCUT2D eigenvalue weighted by Crippen LogP contribution is 2.26. The first-order chi connectivity index (χ1) is 12.0. The lowest BCUT2D eigenvalue weighted by Gasteiger charge is -2.05. The summed E-state index contributed by atoms with van der Waals surface area (Å²) in [4.78, 5) is 15.3. The van der Waals surface area contributed by atoms with Gasteiger partial charge < -0.3 is 5.11 Å². The summed E-state index contributed by atoms with van der Waals surface area (Å²) in [5.74, 6) is -1.04. The second kappa shape index (κ2) is 7.46. The van der Waals surface area contributed by atoms with Crippen molar-refractivity contribution in [2.24, 2.45) is 5.10 Å². The molecule has 1 aromatic heterocycles. The first kappa shape index (κ1) is 17.1. The summed E-state index contributed by atoms with van der Waals surface area (Å²) in [5.41, 5.74) is 6.67. The standard InChI is InChI=1S/C18H14ClN3O2S/c1-11-10-25-18(21-11)22-20-9-12-2-4-13(5-3-12)14-6-7-15(17(23)24)16(19)8-14/h2-10H,1H3,(H,21,22)(H,23,24). The molecule has 0 bridgehead atoms. The fraction of sp³-hybridized carbons (Fsp3) is 0.0556. The molecule has 0 saturated carbocycles. The van der Waals surface area contributed by atoms with Gasteiger partial charge in [-0.2, -0.15) is 5.10 Å². The molecule has 7 heteroatoms. The number of nitrogens with one attached hydrogen (secondary N) is 1. The van der Waals surface area contributed by atoms with Crippen LogP contribution in [-0.4, -0.2) is 22.3 Å². The molecule has 0 atom stereocenters. The van der Waals surface area contributed by atoms with Crippen LogP contribution in [0.2, 0.25) is 5.02 Å². The smallest absolute Gasteiger partial charge is 0.337 e. The number of anilines is 1. The van der Waals surface area contributed by atoms with Crippen molar-refractivity contribution < 1.29 is 9.90 Å². The molecule has 5 nitrogen and oxygen atoms in total. The van der Waals surface area contributed by atoms with Gasteiger partial charge in [-0.25, -0.2) is 9.78 Å². The highest BCUT2D eigenvalue weighted by atomic mass is 35.5. The molecule has 3 aromatic rings. The topological polar surface area (TPSA) is 74.6 Å². The number of thiazole rings is 1. The normalized spacial score (nSPS) is 11.0. The van der Waals surface area contributed by atoms with E-state index in [4.69, 9.17) is 16.7 Å². The lowest BCUT2D eigenvalue weighted by Crippen LogP contribution is -1.97. The summed E-state index contributed by atoms with van der Waals surface area (Å²) >= 11 is 7.52. The number of halogens is 1. The summed E-state index contributed by atoms with van der Waals surface area (Å²) in [6.45, 7) is 1.93. The van der Waals surface area contributed by atoms with Gasteiger partial charge in [0.15, 0.2) is 0 Å². The van der Waals surface area contributed by atoms with E-state index in [0.29, 0.717) is 0 Å². The highest BCUT2D eigenvalue weighted by molar-refractivity contribution is 7.13. The largest absolute Gasteiger partial charge is 0.478 e. The average molecular weight is 372 g/mol. The molecule has 0 saturated heterocycles. The molecule has 0 fully saturated rings. The average Bonchev–Trinajstić information content (AvgIpc) is 3.00. The van der Waals surface area contributed by atoms with Crippen molar-refractivity contribution in [1.82, 2.24) is 4.98 Å². The van der Waals surface area contributed by atoms with Crippen LogP contribution in [0.15, 0.2) is 52.9 Å². The maximum Gasteiger partial charge on any atom is 0.337 e. The van der Waals surface area contributed by atoms with Crippen molar-refractivity contribution in [3.63, 3.8) is 0 Å². The van der Waals surface area contributed by atoms with Crippen LogP contribution in [0.25, 0.3) is 11.1 Å². The molecule has 0 aliphatic rings. The molecule has 2 N–H and O–H groups in total. The molecule has 0 radical (unpaired) electrons. The van der Waals surface area contributed by atoms with Crippen LogP contribution in [0, 0.1) is 6.92 Å². The lowest BCUT2D eigenvalue weighted by molar-refractivity contribution is 0.0697. The van der Waals surface area contributed by atoms with Crippen molar-refractivity contribution >= 4 is 40.3 Å². The van der Waals surface area contributed by atoms with Crippen molar-refractivity contribution in [1.29, 1.82) is 0 Å². The van der Waals surface area contributed by atoms with Gasteiger partial charge in [-0.3, -0.25) is 5.43 Å². The minimum atomic E-state index is -1.04. The van der Waals surface area contributed by atoms with Gasteiger partial charge in [0.1, 0.15) is 0 Å². The maximum absolute atomic E-state index is 11.0. The van der Waals surface area contributed by atoms with Crippen LogP contribution < -0.4 is 5.43 Å². The third-order valence-corrected chi connectivity index (χ3v) is 4.61. The van der Waals surface area contributed by atoms with E-state index in [2.05, 4.69) is 15.5 Å². The molecule has 126 valence electrons. The maximum atomic E-state index is 11.0. The Morgan fingerprint density at radius 3 is 2.56 bits per heavy atom. The van der Waals surface area contributed by atoms with E-state index in [1.54, 1.807) is 18.3 Å². The van der Waals surface area contributed by atoms with Gasteiger partial charge in [0, 0.05) is 5.38 Å². The van der Waals surface area contributed by atoms with Crippen LogP contribution >= 0.6 is 22.9 Å². The fourth-order valence-corrected chi connectivity index (χ4v) is 3.10. The van der Waals surface area contributed by atoms with Gasteiger partial charge in [-0.1, -0.05) is 41.9 Å². The number of carboxylic acids is 1. The van der Waals surface area contributed by atoms with Crippen molar-refractivity contribution in [2.45, 2.75) is 6.92 Å². The number of hydrazone groups is 1. The Labute approximate surface area is 153 Å². The molecule has 1 heterocycles. The van der Waals surface area contributed by atoms with E-state index in [0.717, 1.165) is 27.5 Å². The van der Waals surface area contributed by atoms with Crippen LogP contribution in [0.5, 0.6) is 0 Å². The third kappa shape index (κ3) is 4.23. The van der Waals surface area contributed by atoms with E-state index < -0.39 is 5.97 Å². The second-order valence-electron chi connectivity index (χ2n) is 5.29. The number of hydrogen-bond acceptors (Lipinski definition) is 5. The van der Waals surface area contributed by atoms with Crippen molar-refractivity contribution in [3.8, 4) is 11.1 Å². The van der Waals surface area contributed by atoms with E-state index in [9.17, 15) is 4.79 Å². The van der Waals surface area contributed by atoms with E-state index >= 15 is 0 Å². The molecular formula is C18H14ClN3O2S. The lowest BCUT2D eigenvalue weighted by atomic mass is 10.0. The number of carbonyl (C=O) groups is 1. The van der Waals surface area contributed by atoms with E-state index in [-0.39, 0.29) is 10.6 Å². The number of carboxylic acid groups (broad SMARTS) is 1. The zero-order valence-corrected chi connectivity index (χ0v) is 14.8. The molecule has 0 amide bonds. The number of nitrogens with zero attached hydrogens (tertiary/aromatic N) is 2. The van der Waals surface area contributed by atoms with Gasteiger partial charge in [0.2, 0.25) is 5.13 Å². The molecular weight excluding hydrogens is 358 g/mol. The molecule has 0 unspecified atom stereocenters. The molecule has 0 spiro atoms. The zero-order chi connectivity index (χ0) is 17.8. The van der Waals surface area contributed by atoms with E-state index in [1.807, 2.05) is 36.6 Å². The number of benzene rings is 2. The minimum Gasteiger partial charge on any atom is -0.478 e. The Bertz CT molecular complexity index is 936. The van der Waals surface area contributed by atoms with Crippen LogP contribution in [0.4, 0.5) is 5.13 Å². The summed E-state index contributed by atoms with van der Waals surface area (Å²) in [7, 11) is 0. The molecule has 3 rings (SSSR count). The minimum absolute atomic E-state index is 0.0951. The Morgan fingerprint density at radius 1 is 1.24 bits per heavy atom. The number of rotatable bonds is 5. The summed E-state index contributed by atoms with van der Waals surface area (Å²) < 4.78 is 0. The van der Waals surface area contributed by atoms with Crippen molar-refractivity contribution in [2.75, 3.05) is 5.43 Å². The first-order valence-electron chi connectivity index (χ1n) is 7.37. The Hall–Kier alpha value is -2.70. The molecule has 25 heavy (non-hydrogen) atoms.